The molecule has 0 saturated carbocycles. The molecule has 6 heteroatoms. The Hall–Kier alpha value is -2.11. The SMILES string of the molecule is Cc1ccc(NC(=S)Nc2nc3cc(Cl)ccc3o2)cc1. The van der Waals surface area contributed by atoms with Crippen LogP contribution in [0.25, 0.3) is 11.1 Å². The summed E-state index contributed by atoms with van der Waals surface area (Å²) in [5.74, 6) is 0. The van der Waals surface area contributed by atoms with Gasteiger partial charge in [-0.1, -0.05) is 29.3 Å². The number of halogens is 1. The molecule has 0 aliphatic carbocycles. The largest absolute Gasteiger partial charge is 0.423 e. The Kier molecular flexibility index (Phi) is 3.77. The molecule has 3 aromatic rings. The van der Waals surface area contributed by atoms with Crippen molar-refractivity contribution in [1.82, 2.24) is 4.98 Å². The summed E-state index contributed by atoms with van der Waals surface area (Å²) >= 11 is 11.1. The van der Waals surface area contributed by atoms with E-state index in [4.69, 9.17) is 28.2 Å². The molecule has 0 spiro atoms. The number of hydrogen-bond donors (Lipinski definition) is 2. The van der Waals surface area contributed by atoms with E-state index in [1.807, 2.05) is 31.2 Å². The van der Waals surface area contributed by atoms with Gasteiger partial charge in [-0.2, -0.15) is 4.98 Å². The van der Waals surface area contributed by atoms with E-state index in [1.54, 1.807) is 18.2 Å². The minimum atomic E-state index is 0.330. The van der Waals surface area contributed by atoms with Gasteiger partial charge in [0.1, 0.15) is 5.52 Å². The second-order valence-electron chi connectivity index (χ2n) is 4.58. The topological polar surface area (TPSA) is 50.1 Å². The molecule has 0 bridgehead atoms. The van der Waals surface area contributed by atoms with E-state index < -0.39 is 0 Å². The van der Waals surface area contributed by atoms with Gasteiger partial charge in [0.25, 0.3) is 0 Å². The Morgan fingerprint density at radius 2 is 1.90 bits per heavy atom. The lowest BCUT2D eigenvalue weighted by Gasteiger charge is -2.07. The van der Waals surface area contributed by atoms with Gasteiger partial charge in [0.2, 0.25) is 0 Å². The molecule has 0 fully saturated rings. The van der Waals surface area contributed by atoms with Crippen molar-refractivity contribution in [1.29, 1.82) is 0 Å². The number of rotatable bonds is 2. The summed E-state index contributed by atoms with van der Waals surface area (Å²) in [4.78, 5) is 4.28. The molecular formula is C15H12ClN3OS. The number of anilines is 2. The average molecular weight is 318 g/mol. The minimum absolute atomic E-state index is 0.330. The van der Waals surface area contributed by atoms with Gasteiger partial charge in [0, 0.05) is 10.7 Å². The van der Waals surface area contributed by atoms with Gasteiger partial charge >= 0.3 is 6.01 Å². The van der Waals surface area contributed by atoms with Gasteiger partial charge in [0.05, 0.1) is 0 Å². The fourth-order valence-corrected chi connectivity index (χ4v) is 2.22. The molecule has 0 saturated heterocycles. The van der Waals surface area contributed by atoms with Crippen LogP contribution in [0.15, 0.2) is 46.9 Å². The molecule has 0 amide bonds. The first-order valence-corrected chi connectivity index (χ1v) is 7.09. The van der Waals surface area contributed by atoms with Crippen LogP contribution in [0, 0.1) is 6.92 Å². The van der Waals surface area contributed by atoms with E-state index in [2.05, 4.69) is 15.6 Å². The third kappa shape index (κ3) is 3.32. The van der Waals surface area contributed by atoms with Gasteiger partial charge in [0.15, 0.2) is 10.7 Å². The number of thiocarbonyl (C=S) groups is 1. The number of aromatic nitrogens is 1. The first kappa shape index (κ1) is 13.9. The Labute approximate surface area is 132 Å². The molecule has 21 heavy (non-hydrogen) atoms. The van der Waals surface area contributed by atoms with Gasteiger partial charge in [-0.25, -0.2) is 0 Å². The van der Waals surface area contributed by atoms with Gasteiger partial charge < -0.3 is 9.73 Å². The third-order valence-electron chi connectivity index (χ3n) is 2.88. The molecule has 1 aromatic heterocycles. The van der Waals surface area contributed by atoms with Crippen LogP contribution < -0.4 is 10.6 Å². The number of benzene rings is 2. The van der Waals surface area contributed by atoms with Gasteiger partial charge in [-0.3, -0.25) is 5.32 Å². The quantitative estimate of drug-likeness (QED) is 0.677. The molecule has 1 heterocycles. The maximum absolute atomic E-state index is 5.91. The van der Waals surface area contributed by atoms with Gasteiger partial charge in [-0.15, -0.1) is 0 Å². The molecule has 2 N–H and O–H groups in total. The van der Waals surface area contributed by atoms with Crippen molar-refractivity contribution in [3.8, 4) is 0 Å². The number of oxazole rings is 1. The molecule has 0 unspecified atom stereocenters. The Bertz CT molecular complexity index is 798. The molecule has 0 atom stereocenters. The number of aryl methyl sites for hydroxylation is 1. The third-order valence-corrected chi connectivity index (χ3v) is 3.32. The summed E-state index contributed by atoms with van der Waals surface area (Å²) in [6.45, 7) is 2.03. The Balaban J connectivity index is 1.72. The van der Waals surface area contributed by atoms with E-state index in [1.165, 1.54) is 5.56 Å². The second kappa shape index (κ2) is 5.71. The first-order chi connectivity index (χ1) is 10.1. The smallest absolute Gasteiger partial charge is 0.302 e. The van der Waals surface area contributed by atoms with Crippen molar-refractivity contribution in [2.75, 3.05) is 10.6 Å². The summed E-state index contributed by atoms with van der Waals surface area (Å²) in [5.41, 5.74) is 3.43. The lowest BCUT2D eigenvalue weighted by atomic mass is 10.2. The molecule has 4 nitrogen and oxygen atoms in total. The zero-order valence-corrected chi connectivity index (χ0v) is 12.8. The van der Waals surface area contributed by atoms with Crippen LogP contribution >= 0.6 is 23.8 Å². The predicted molar refractivity (Wildman–Crippen MR) is 90.0 cm³/mol. The normalized spacial score (nSPS) is 10.6. The van der Waals surface area contributed by atoms with Crippen LogP contribution in [0.2, 0.25) is 5.02 Å². The maximum atomic E-state index is 5.91. The molecule has 106 valence electrons. The van der Waals surface area contributed by atoms with Crippen LogP contribution in [0.5, 0.6) is 0 Å². The maximum Gasteiger partial charge on any atom is 0.302 e. The van der Waals surface area contributed by atoms with E-state index >= 15 is 0 Å². The molecule has 0 radical (unpaired) electrons. The van der Waals surface area contributed by atoms with Crippen LogP contribution in [0.1, 0.15) is 5.56 Å². The van der Waals surface area contributed by atoms with Crippen molar-refractivity contribution in [2.45, 2.75) is 6.92 Å². The highest BCUT2D eigenvalue weighted by molar-refractivity contribution is 7.80. The van der Waals surface area contributed by atoms with E-state index in [-0.39, 0.29) is 0 Å². The van der Waals surface area contributed by atoms with Gasteiger partial charge in [-0.05, 0) is 49.5 Å². The van der Waals surface area contributed by atoms with Crippen LogP contribution in [-0.2, 0) is 0 Å². The number of nitrogens with one attached hydrogen (secondary N) is 2. The highest BCUT2D eigenvalue weighted by Gasteiger charge is 2.07. The summed E-state index contributed by atoms with van der Waals surface area (Å²) < 4.78 is 5.54. The van der Waals surface area contributed by atoms with Crippen LogP contribution in [0.3, 0.4) is 0 Å². The minimum Gasteiger partial charge on any atom is -0.423 e. The van der Waals surface area contributed by atoms with E-state index in [0.29, 0.717) is 27.2 Å². The zero-order valence-electron chi connectivity index (χ0n) is 11.2. The fourth-order valence-electron chi connectivity index (χ4n) is 1.85. The summed E-state index contributed by atoms with van der Waals surface area (Å²) in [6.07, 6.45) is 0. The lowest BCUT2D eigenvalue weighted by Crippen LogP contribution is -2.19. The molecule has 0 aliphatic rings. The Morgan fingerprint density at radius 3 is 2.67 bits per heavy atom. The molecule has 2 aromatic carbocycles. The Morgan fingerprint density at radius 1 is 1.14 bits per heavy atom. The number of fused-ring (bicyclic) bond motifs is 1. The van der Waals surface area contributed by atoms with Crippen molar-refractivity contribution in [3.63, 3.8) is 0 Å². The molecule has 0 aliphatic heterocycles. The average Bonchev–Trinajstić information content (AvgIpc) is 2.82. The summed E-state index contributed by atoms with van der Waals surface area (Å²) in [5, 5.41) is 7.01. The van der Waals surface area contributed by atoms with E-state index in [0.717, 1.165) is 5.69 Å². The first-order valence-electron chi connectivity index (χ1n) is 6.31. The standard InChI is InChI=1S/C15H12ClN3OS/c1-9-2-5-11(6-3-9)17-15(21)19-14-18-12-8-10(16)4-7-13(12)20-14/h2-8H,1H3,(H2,17,18,19,21). The van der Waals surface area contributed by atoms with Crippen molar-refractivity contribution in [2.24, 2.45) is 0 Å². The highest BCUT2D eigenvalue weighted by Crippen LogP contribution is 2.22. The van der Waals surface area contributed by atoms with Crippen LogP contribution in [0.4, 0.5) is 11.7 Å². The summed E-state index contributed by atoms with van der Waals surface area (Å²) in [7, 11) is 0. The fraction of sp³-hybridized carbons (Fsp3) is 0.0667. The van der Waals surface area contributed by atoms with Crippen LogP contribution in [-0.4, -0.2) is 10.1 Å². The zero-order chi connectivity index (χ0) is 14.8. The number of nitrogens with zero attached hydrogens (tertiary/aromatic N) is 1. The van der Waals surface area contributed by atoms with Crippen molar-refractivity contribution in [3.05, 3.63) is 53.1 Å². The second-order valence-corrected chi connectivity index (χ2v) is 5.42. The lowest BCUT2D eigenvalue weighted by molar-refractivity contribution is 0.624. The highest BCUT2D eigenvalue weighted by atomic mass is 35.5. The van der Waals surface area contributed by atoms with Crippen molar-refractivity contribution >= 4 is 51.7 Å². The number of hydrogen-bond acceptors (Lipinski definition) is 3. The molecule has 3 rings (SSSR count). The predicted octanol–water partition coefficient (Wildman–Crippen LogP) is 4.60. The van der Waals surface area contributed by atoms with E-state index in [9.17, 15) is 0 Å². The van der Waals surface area contributed by atoms with Crippen molar-refractivity contribution < 1.29 is 4.42 Å². The summed E-state index contributed by atoms with van der Waals surface area (Å²) in [6, 6.07) is 13.5. The molecular weight excluding hydrogens is 306 g/mol. The monoisotopic (exact) mass is 317 g/mol.